The molecule has 0 saturated carbocycles. The molecule has 0 amide bonds. The van der Waals surface area contributed by atoms with Crippen LogP contribution in [-0.4, -0.2) is 16.5 Å². The predicted molar refractivity (Wildman–Crippen MR) is 67.5 cm³/mol. The average molecular weight is 281 g/mol. The number of alkyl halides is 3. The highest BCUT2D eigenvalue weighted by Crippen LogP contribution is 2.32. The molecule has 1 aliphatic rings. The monoisotopic (exact) mass is 281 g/mol. The van der Waals surface area contributed by atoms with E-state index >= 15 is 0 Å². The van der Waals surface area contributed by atoms with Crippen LogP contribution in [0.3, 0.4) is 0 Å². The van der Waals surface area contributed by atoms with Gasteiger partial charge in [-0.05, 0) is 24.1 Å². The van der Waals surface area contributed by atoms with Crippen molar-refractivity contribution in [3.05, 3.63) is 45.9 Å². The lowest BCUT2D eigenvalue weighted by atomic mass is 10.0. The van der Waals surface area contributed by atoms with Crippen LogP contribution in [0, 0.1) is 0 Å². The first-order valence-corrected chi connectivity index (χ1v) is 6.00. The number of aromatic amines is 1. The highest BCUT2D eigenvalue weighted by molar-refractivity contribution is 5.70. The van der Waals surface area contributed by atoms with Gasteiger partial charge in [0.1, 0.15) is 5.82 Å². The Kier molecular flexibility index (Phi) is 2.77. The molecule has 1 aromatic carbocycles. The molecule has 0 unspecified atom stereocenters. The number of hydrogen-bond donors (Lipinski definition) is 2. The molecular formula is C13H10F3N3O. The molecule has 2 heterocycles. The Balaban J connectivity index is 2.08. The van der Waals surface area contributed by atoms with E-state index in [4.69, 9.17) is 0 Å². The molecule has 0 saturated heterocycles. The van der Waals surface area contributed by atoms with E-state index in [2.05, 4.69) is 15.3 Å². The Hall–Kier alpha value is -2.31. The van der Waals surface area contributed by atoms with E-state index in [0.717, 1.165) is 17.7 Å². The molecule has 0 fully saturated rings. The summed E-state index contributed by atoms with van der Waals surface area (Å²) in [7, 11) is 0. The summed E-state index contributed by atoms with van der Waals surface area (Å²) in [4.78, 5) is 17.9. The second kappa shape index (κ2) is 4.36. The molecule has 0 atom stereocenters. The first-order valence-electron chi connectivity index (χ1n) is 6.00. The molecule has 0 spiro atoms. The maximum absolute atomic E-state index is 12.5. The van der Waals surface area contributed by atoms with Gasteiger partial charge in [0.2, 0.25) is 0 Å². The number of aromatic nitrogens is 2. The van der Waals surface area contributed by atoms with Gasteiger partial charge >= 0.3 is 11.9 Å². The largest absolute Gasteiger partial charge is 0.416 e. The minimum atomic E-state index is -4.37. The Bertz CT molecular complexity index is 704. The molecule has 2 N–H and O–H groups in total. The number of benzene rings is 1. The molecule has 3 rings (SSSR count). The Morgan fingerprint density at radius 1 is 1.15 bits per heavy atom. The molecule has 7 heteroatoms. The van der Waals surface area contributed by atoms with Crippen LogP contribution in [-0.2, 0) is 12.6 Å². The molecule has 20 heavy (non-hydrogen) atoms. The van der Waals surface area contributed by atoms with Gasteiger partial charge in [-0.25, -0.2) is 4.79 Å². The minimum Gasteiger partial charge on any atom is -0.369 e. The molecular weight excluding hydrogens is 271 g/mol. The normalized spacial score (nSPS) is 13.9. The second-order valence-electron chi connectivity index (χ2n) is 4.50. The smallest absolute Gasteiger partial charge is 0.369 e. The maximum atomic E-state index is 12.5. The molecule has 1 aliphatic heterocycles. The number of halogens is 3. The molecule has 4 nitrogen and oxygen atoms in total. The van der Waals surface area contributed by atoms with Gasteiger partial charge in [-0.2, -0.15) is 18.2 Å². The van der Waals surface area contributed by atoms with E-state index in [1.54, 1.807) is 0 Å². The highest BCUT2D eigenvalue weighted by Gasteiger charge is 2.30. The van der Waals surface area contributed by atoms with Crippen molar-refractivity contribution in [2.75, 3.05) is 11.9 Å². The van der Waals surface area contributed by atoms with E-state index in [0.29, 0.717) is 30.0 Å². The van der Waals surface area contributed by atoms with E-state index in [-0.39, 0.29) is 0 Å². The number of rotatable bonds is 1. The van der Waals surface area contributed by atoms with E-state index in [1.807, 2.05) is 0 Å². The molecule has 0 radical (unpaired) electrons. The van der Waals surface area contributed by atoms with E-state index in [1.165, 1.54) is 12.1 Å². The van der Waals surface area contributed by atoms with Crippen molar-refractivity contribution in [1.82, 2.24) is 9.97 Å². The zero-order valence-corrected chi connectivity index (χ0v) is 10.2. The number of nitrogens with zero attached hydrogens (tertiary/aromatic N) is 1. The van der Waals surface area contributed by atoms with Gasteiger partial charge in [0, 0.05) is 12.1 Å². The van der Waals surface area contributed by atoms with Crippen molar-refractivity contribution < 1.29 is 13.2 Å². The predicted octanol–water partition coefficient (Wildman–Crippen LogP) is 2.42. The number of H-pyrrole nitrogens is 1. The van der Waals surface area contributed by atoms with Crippen LogP contribution in [0.25, 0.3) is 11.3 Å². The van der Waals surface area contributed by atoms with E-state index < -0.39 is 17.4 Å². The molecule has 0 aliphatic carbocycles. The summed E-state index contributed by atoms with van der Waals surface area (Å²) >= 11 is 0. The zero-order chi connectivity index (χ0) is 14.3. The van der Waals surface area contributed by atoms with Crippen molar-refractivity contribution in [3.63, 3.8) is 0 Å². The fraction of sp³-hybridized carbons (Fsp3) is 0.231. The lowest BCUT2D eigenvalue weighted by molar-refractivity contribution is -0.137. The highest BCUT2D eigenvalue weighted by atomic mass is 19.4. The fourth-order valence-electron chi connectivity index (χ4n) is 2.27. The summed E-state index contributed by atoms with van der Waals surface area (Å²) < 4.78 is 37.6. The van der Waals surface area contributed by atoms with Gasteiger partial charge < -0.3 is 10.3 Å². The minimum absolute atomic E-state index is 0.503. The van der Waals surface area contributed by atoms with Gasteiger partial charge in [-0.3, -0.25) is 0 Å². The summed E-state index contributed by atoms with van der Waals surface area (Å²) in [6.07, 6.45) is -3.69. The molecule has 2 aromatic rings. The summed E-state index contributed by atoms with van der Waals surface area (Å²) in [6.45, 7) is 0.660. The van der Waals surface area contributed by atoms with Gasteiger partial charge in [0.05, 0.1) is 11.3 Å². The van der Waals surface area contributed by atoms with Crippen LogP contribution < -0.4 is 11.0 Å². The van der Waals surface area contributed by atoms with Crippen LogP contribution in [0.5, 0.6) is 0 Å². The average Bonchev–Trinajstić information content (AvgIpc) is 2.85. The lowest BCUT2D eigenvalue weighted by Crippen LogP contribution is -2.13. The summed E-state index contributed by atoms with van der Waals surface area (Å²) in [5.41, 5.74) is 0.654. The second-order valence-corrected chi connectivity index (χ2v) is 4.50. The Morgan fingerprint density at radius 3 is 2.50 bits per heavy atom. The van der Waals surface area contributed by atoms with Crippen LogP contribution in [0.15, 0.2) is 29.1 Å². The first kappa shape index (κ1) is 12.7. The van der Waals surface area contributed by atoms with Gasteiger partial charge in [0.25, 0.3) is 0 Å². The third-order valence-corrected chi connectivity index (χ3v) is 3.20. The SMILES string of the molecule is O=c1nc2c(c(-c3ccc(C(F)(F)F)cc3)[nH]1)CCN2. The summed E-state index contributed by atoms with van der Waals surface area (Å²) in [5.74, 6) is 0.503. The molecule has 0 bridgehead atoms. The fourth-order valence-corrected chi connectivity index (χ4v) is 2.27. The van der Waals surface area contributed by atoms with Crippen LogP contribution in [0.4, 0.5) is 19.0 Å². The van der Waals surface area contributed by atoms with Crippen molar-refractivity contribution in [2.45, 2.75) is 12.6 Å². The van der Waals surface area contributed by atoms with Crippen LogP contribution >= 0.6 is 0 Å². The lowest BCUT2D eigenvalue weighted by Gasteiger charge is -2.09. The Morgan fingerprint density at radius 2 is 1.85 bits per heavy atom. The third kappa shape index (κ3) is 2.15. The topological polar surface area (TPSA) is 57.8 Å². The Labute approximate surface area is 111 Å². The molecule has 1 aromatic heterocycles. The molecule has 104 valence electrons. The van der Waals surface area contributed by atoms with Gasteiger partial charge in [-0.1, -0.05) is 12.1 Å². The number of nitrogens with one attached hydrogen (secondary N) is 2. The van der Waals surface area contributed by atoms with E-state index in [9.17, 15) is 18.0 Å². The summed E-state index contributed by atoms with van der Waals surface area (Å²) in [5, 5.41) is 2.98. The van der Waals surface area contributed by atoms with Crippen molar-refractivity contribution in [3.8, 4) is 11.3 Å². The van der Waals surface area contributed by atoms with Gasteiger partial charge in [0.15, 0.2) is 0 Å². The number of hydrogen-bond acceptors (Lipinski definition) is 3. The van der Waals surface area contributed by atoms with Crippen molar-refractivity contribution >= 4 is 5.82 Å². The van der Waals surface area contributed by atoms with Gasteiger partial charge in [-0.15, -0.1) is 0 Å². The van der Waals surface area contributed by atoms with Crippen molar-refractivity contribution in [1.29, 1.82) is 0 Å². The zero-order valence-electron chi connectivity index (χ0n) is 10.2. The van der Waals surface area contributed by atoms with Crippen LogP contribution in [0.1, 0.15) is 11.1 Å². The number of anilines is 1. The first-order chi connectivity index (χ1) is 9.45. The quantitative estimate of drug-likeness (QED) is 0.844. The third-order valence-electron chi connectivity index (χ3n) is 3.20. The summed E-state index contributed by atoms with van der Waals surface area (Å²) in [6, 6.07) is 4.71. The van der Waals surface area contributed by atoms with Crippen molar-refractivity contribution in [2.24, 2.45) is 0 Å². The standard InChI is InChI=1S/C13H10F3N3O/c14-13(15,16)8-3-1-7(2-4-8)10-9-5-6-17-11(9)19-12(20)18-10/h1-4H,5-6H2,(H2,17,18,19,20). The number of fused-ring (bicyclic) bond motifs is 1. The maximum Gasteiger partial charge on any atom is 0.416 e. The van der Waals surface area contributed by atoms with Crippen LogP contribution in [0.2, 0.25) is 0 Å².